The van der Waals surface area contributed by atoms with Gasteiger partial charge in [0.25, 0.3) is 0 Å². The summed E-state index contributed by atoms with van der Waals surface area (Å²) in [4.78, 5) is 0. The van der Waals surface area contributed by atoms with E-state index in [2.05, 4.69) is 15.3 Å². The number of aromatic nitrogens is 3. The molecule has 0 saturated heterocycles. The molecule has 0 aliphatic carbocycles. The molecule has 3 aromatic rings. The number of H-pyrrole nitrogens is 1. The number of benzene rings is 2. The van der Waals surface area contributed by atoms with Gasteiger partial charge in [-0.1, -0.05) is 19.1 Å². The van der Waals surface area contributed by atoms with Crippen LogP contribution in [0.2, 0.25) is 0 Å². The van der Waals surface area contributed by atoms with Crippen LogP contribution in [0.25, 0.3) is 11.4 Å². The highest BCUT2D eigenvalue weighted by Gasteiger charge is 2.12. The van der Waals surface area contributed by atoms with Crippen molar-refractivity contribution in [3.63, 3.8) is 0 Å². The molecular weight excluding hydrogens is 367 g/mol. The highest BCUT2D eigenvalue weighted by molar-refractivity contribution is 7.71. The summed E-state index contributed by atoms with van der Waals surface area (Å²) in [5.41, 5.74) is 1.09. The lowest BCUT2D eigenvalue weighted by Gasteiger charge is -2.10. The van der Waals surface area contributed by atoms with Crippen LogP contribution in [0, 0.1) is 10.6 Å². The molecule has 6 nitrogen and oxygen atoms in total. The molecule has 0 amide bonds. The summed E-state index contributed by atoms with van der Waals surface area (Å²) in [6.45, 7) is 2.61. The van der Waals surface area contributed by atoms with Crippen molar-refractivity contribution in [3.8, 4) is 22.9 Å². The first-order valence-corrected chi connectivity index (χ1v) is 8.82. The van der Waals surface area contributed by atoms with Crippen molar-refractivity contribution in [3.05, 3.63) is 58.6 Å². The summed E-state index contributed by atoms with van der Waals surface area (Å²) >= 11 is 5.22. The number of methoxy groups -OCH3 is 1. The summed E-state index contributed by atoms with van der Waals surface area (Å²) < 4.78 is 26.8. The van der Waals surface area contributed by atoms with E-state index in [9.17, 15) is 4.39 Å². The average molecular weight is 386 g/mol. The van der Waals surface area contributed by atoms with E-state index in [1.807, 2.05) is 19.1 Å². The van der Waals surface area contributed by atoms with Crippen molar-refractivity contribution >= 4 is 18.4 Å². The molecule has 0 spiro atoms. The third-order valence-electron chi connectivity index (χ3n) is 3.74. The van der Waals surface area contributed by atoms with Crippen LogP contribution in [0.1, 0.15) is 18.9 Å². The van der Waals surface area contributed by atoms with Crippen LogP contribution in [0.4, 0.5) is 4.39 Å². The lowest BCUT2D eigenvalue weighted by atomic mass is 10.2. The number of aromatic amines is 1. The molecule has 0 aliphatic heterocycles. The van der Waals surface area contributed by atoms with Gasteiger partial charge in [0.2, 0.25) is 4.77 Å². The summed E-state index contributed by atoms with van der Waals surface area (Å²) in [6.07, 6.45) is 2.49. The number of nitrogens with zero attached hydrogens (tertiary/aromatic N) is 3. The molecule has 0 radical (unpaired) electrons. The quantitative estimate of drug-likeness (QED) is 0.482. The van der Waals surface area contributed by atoms with Gasteiger partial charge in [0.1, 0.15) is 5.82 Å². The summed E-state index contributed by atoms with van der Waals surface area (Å²) in [5, 5.41) is 11.1. The van der Waals surface area contributed by atoms with Gasteiger partial charge in [0.05, 0.1) is 25.5 Å². The van der Waals surface area contributed by atoms with Gasteiger partial charge in [0.15, 0.2) is 17.3 Å². The lowest BCUT2D eigenvalue weighted by molar-refractivity contribution is 0.294. The molecule has 1 aromatic heterocycles. The number of hydrogen-bond donors (Lipinski definition) is 1. The molecule has 0 saturated carbocycles. The van der Waals surface area contributed by atoms with E-state index in [-0.39, 0.29) is 4.77 Å². The molecule has 27 heavy (non-hydrogen) atoms. The Kier molecular flexibility index (Phi) is 5.97. The molecule has 2 aromatic carbocycles. The first-order valence-electron chi connectivity index (χ1n) is 8.41. The zero-order chi connectivity index (χ0) is 19.2. The maximum atomic E-state index is 14.1. The third-order valence-corrected chi connectivity index (χ3v) is 4.00. The minimum atomic E-state index is -0.400. The van der Waals surface area contributed by atoms with Crippen LogP contribution in [-0.4, -0.2) is 34.8 Å². The highest BCUT2D eigenvalue weighted by Crippen LogP contribution is 2.28. The van der Waals surface area contributed by atoms with E-state index in [4.69, 9.17) is 21.7 Å². The minimum Gasteiger partial charge on any atom is -0.493 e. The Labute approximate surface area is 161 Å². The van der Waals surface area contributed by atoms with Crippen molar-refractivity contribution < 1.29 is 13.9 Å². The standard InChI is InChI=1S/C19H19FN4O2S/c1-3-10-26-17-11-13(8-9-16(17)25-2)12-21-24-18(22-23-19(24)27)14-6-4-5-7-15(14)20/h4-9,11-12H,3,10H2,1-2H3,(H,23,27)/b21-12-. The van der Waals surface area contributed by atoms with Gasteiger partial charge in [-0.15, -0.1) is 0 Å². The molecule has 1 heterocycles. The second-order valence-electron chi connectivity index (χ2n) is 5.65. The molecule has 140 valence electrons. The second-order valence-corrected chi connectivity index (χ2v) is 6.03. The van der Waals surface area contributed by atoms with Crippen LogP contribution in [0.3, 0.4) is 0 Å². The van der Waals surface area contributed by atoms with Crippen molar-refractivity contribution in [1.29, 1.82) is 0 Å². The summed E-state index contributed by atoms with van der Waals surface area (Å²) in [7, 11) is 1.59. The van der Waals surface area contributed by atoms with E-state index >= 15 is 0 Å². The van der Waals surface area contributed by atoms with Crippen LogP contribution in [0.15, 0.2) is 47.6 Å². The molecule has 1 N–H and O–H groups in total. The molecular formula is C19H19FN4O2S. The normalized spacial score (nSPS) is 11.1. The van der Waals surface area contributed by atoms with Crippen LogP contribution in [0.5, 0.6) is 11.5 Å². The van der Waals surface area contributed by atoms with Gasteiger partial charge in [-0.2, -0.15) is 14.9 Å². The maximum Gasteiger partial charge on any atom is 0.216 e. The van der Waals surface area contributed by atoms with E-state index in [1.54, 1.807) is 37.6 Å². The Morgan fingerprint density at radius 3 is 2.81 bits per heavy atom. The van der Waals surface area contributed by atoms with E-state index in [1.165, 1.54) is 10.7 Å². The maximum absolute atomic E-state index is 14.1. The number of hydrogen-bond acceptors (Lipinski definition) is 5. The molecule has 0 atom stereocenters. The van der Waals surface area contributed by atoms with E-state index in [0.717, 1.165) is 12.0 Å². The Morgan fingerprint density at radius 2 is 2.07 bits per heavy atom. The minimum absolute atomic E-state index is 0.264. The van der Waals surface area contributed by atoms with Crippen LogP contribution < -0.4 is 9.47 Å². The topological polar surface area (TPSA) is 64.4 Å². The Balaban J connectivity index is 1.94. The third kappa shape index (κ3) is 4.22. The Morgan fingerprint density at radius 1 is 1.26 bits per heavy atom. The van der Waals surface area contributed by atoms with Crippen molar-refractivity contribution in [1.82, 2.24) is 14.9 Å². The van der Waals surface area contributed by atoms with Gasteiger partial charge < -0.3 is 9.47 Å². The molecule has 8 heteroatoms. The predicted molar refractivity (Wildman–Crippen MR) is 105 cm³/mol. The summed E-state index contributed by atoms with van der Waals surface area (Å²) in [6, 6.07) is 11.8. The monoisotopic (exact) mass is 386 g/mol. The highest BCUT2D eigenvalue weighted by atomic mass is 32.1. The smallest absolute Gasteiger partial charge is 0.216 e. The fourth-order valence-electron chi connectivity index (χ4n) is 2.44. The first kappa shape index (κ1) is 18.8. The first-order chi connectivity index (χ1) is 13.1. The van der Waals surface area contributed by atoms with Crippen molar-refractivity contribution in [2.45, 2.75) is 13.3 Å². The molecule has 0 fully saturated rings. The van der Waals surface area contributed by atoms with Gasteiger partial charge in [-0.3, -0.25) is 0 Å². The van der Waals surface area contributed by atoms with Crippen LogP contribution in [-0.2, 0) is 0 Å². The van der Waals surface area contributed by atoms with E-state index < -0.39 is 5.82 Å². The Bertz CT molecular complexity index is 1010. The largest absolute Gasteiger partial charge is 0.493 e. The fourth-order valence-corrected chi connectivity index (χ4v) is 2.62. The zero-order valence-corrected chi connectivity index (χ0v) is 15.8. The molecule has 0 bridgehead atoms. The van der Waals surface area contributed by atoms with Crippen LogP contribution >= 0.6 is 12.2 Å². The number of halogens is 1. The molecule has 3 rings (SSSR count). The SMILES string of the molecule is CCCOc1cc(/C=N\n2c(-c3ccccc3F)n[nH]c2=S)ccc1OC. The summed E-state index contributed by atoms with van der Waals surface area (Å²) in [5.74, 6) is 1.17. The van der Waals surface area contributed by atoms with Gasteiger partial charge in [-0.05, 0) is 54.5 Å². The van der Waals surface area contributed by atoms with Crippen molar-refractivity contribution in [2.24, 2.45) is 5.10 Å². The molecule has 0 aliphatic rings. The molecule has 0 unspecified atom stereocenters. The zero-order valence-electron chi connectivity index (χ0n) is 15.0. The van der Waals surface area contributed by atoms with Gasteiger partial charge in [-0.25, -0.2) is 9.49 Å². The number of ether oxygens (including phenoxy) is 2. The number of nitrogens with one attached hydrogen (secondary N) is 1. The van der Waals surface area contributed by atoms with Gasteiger partial charge in [0, 0.05) is 0 Å². The van der Waals surface area contributed by atoms with Crippen molar-refractivity contribution in [2.75, 3.05) is 13.7 Å². The van der Waals surface area contributed by atoms with Gasteiger partial charge >= 0.3 is 0 Å². The average Bonchev–Trinajstić information content (AvgIpc) is 3.05. The number of rotatable bonds is 7. The Hall–Kier alpha value is -3.00. The lowest BCUT2D eigenvalue weighted by Crippen LogP contribution is -1.99. The second kappa shape index (κ2) is 8.59. The fraction of sp³-hybridized carbons (Fsp3) is 0.211. The predicted octanol–water partition coefficient (Wildman–Crippen LogP) is 4.43. The van der Waals surface area contributed by atoms with E-state index in [0.29, 0.717) is 29.5 Å².